The molecule has 14 heteroatoms. The van der Waals surface area contributed by atoms with Gasteiger partial charge in [-0.15, -0.1) is 9.97 Å². The van der Waals surface area contributed by atoms with Crippen molar-refractivity contribution in [1.82, 2.24) is 29.9 Å². The summed E-state index contributed by atoms with van der Waals surface area (Å²) in [6, 6.07) is 61.5. The smallest absolute Gasteiger partial charge is 0.328 e. The lowest BCUT2D eigenvalue weighted by Gasteiger charge is -2.32. The first-order valence-corrected chi connectivity index (χ1v) is 21.6. The Balaban J connectivity index is 0.829. The Labute approximate surface area is 387 Å². The van der Waals surface area contributed by atoms with Crippen LogP contribution in [0.2, 0.25) is 0 Å². The van der Waals surface area contributed by atoms with Gasteiger partial charge in [0.05, 0.1) is 22.7 Å². The third-order valence-electron chi connectivity index (χ3n) is 11.3. The number of ether oxygens (including phenoxy) is 6. The molecule has 0 radical (unpaired) electrons. The van der Waals surface area contributed by atoms with Gasteiger partial charge >= 0.3 is 24.0 Å². The molecule has 324 valence electrons. The first-order chi connectivity index (χ1) is 33.6. The minimum absolute atomic E-state index is 0.000930. The molecule has 13 rings (SSSR count). The highest BCUT2D eigenvalue weighted by molar-refractivity contribution is 5.88. The lowest BCUT2D eigenvalue weighted by Crippen LogP contribution is -2.15. The van der Waals surface area contributed by atoms with Crippen LogP contribution in [0.25, 0.3) is 22.8 Å². The average molecular weight is 889 g/mol. The Morgan fingerprint density at radius 3 is 0.868 bits per heavy atom. The molecule has 0 saturated carbocycles. The molecule has 8 aromatic carbocycles. The highest BCUT2D eigenvalue weighted by atomic mass is 16.5. The molecule has 5 heterocycles. The maximum atomic E-state index is 6.29. The maximum absolute atomic E-state index is 6.29. The lowest BCUT2D eigenvalue weighted by molar-refractivity contribution is 0.381. The fraction of sp³-hybridized carbons (Fsp3) is 0. The van der Waals surface area contributed by atoms with E-state index < -0.39 is 0 Å². The molecule has 0 spiro atoms. The quantitative estimate of drug-likeness (QED) is 0.165. The van der Waals surface area contributed by atoms with Gasteiger partial charge in [0.25, 0.3) is 0 Å². The molecule has 3 aliphatic heterocycles. The minimum Gasteiger partial charge on any atom is -0.453 e. The van der Waals surface area contributed by atoms with Gasteiger partial charge in [-0.3, -0.25) is 0 Å². The summed E-state index contributed by atoms with van der Waals surface area (Å²) in [7, 11) is 0. The van der Waals surface area contributed by atoms with Crippen LogP contribution in [-0.4, -0.2) is 29.9 Å². The molecule has 0 atom stereocenters. The van der Waals surface area contributed by atoms with E-state index in [0.717, 1.165) is 57.1 Å². The van der Waals surface area contributed by atoms with Crippen LogP contribution in [0.5, 0.6) is 70.0 Å². The summed E-state index contributed by atoms with van der Waals surface area (Å²) in [5.74, 6) is 5.23. The number of hydrogen-bond acceptors (Lipinski definition) is 14. The van der Waals surface area contributed by atoms with Gasteiger partial charge in [-0.25, -0.2) is 0 Å². The van der Waals surface area contributed by atoms with E-state index in [1.165, 1.54) is 0 Å². The summed E-state index contributed by atoms with van der Waals surface area (Å²) >= 11 is 0. The number of rotatable bonds is 4. The van der Waals surface area contributed by atoms with E-state index in [9.17, 15) is 0 Å². The van der Waals surface area contributed by atoms with Crippen molar-refractivity contribution in [2.24, 2.45) is 0 Å². The highest BCUT2D eigenvalue weighted by Crippen LogP contribution is 2.52. The summed E-state index contributed by atoms with van der Waals surface area (Å²) in [6.07, 6.45) is 0. The van der Waals surface area contributed by atoms with Crippen molar-refractivity contribution in [1.29, 1.82) is 0 Å². The van der Waals surface area contributed by atoms with Crippen molar-refractivity contribution in [3.63, 3.8) is 0 Å². The van der Waals surface area contributed by atoms with E-state index in [1.807, 2.05) is 146 Å². The van der Waals surface area contributed by atoms with Crippen LogP contribution < -0.4 is 38.2 Å². The van der Waals surface area contributed by atoms with E-state index >= 15 is 0 Å². The van der Waals surface area contributed by atoms with E-state index in [1.54, 1.807) is 48.5 Å². The van der Waals surface area contributed by atoms with Crippen LogP contribution in [0.1, 0.15) is 0 Å². The molecular formula is C54H32N8O6. The standard InChI is InChI=1S/C54H32N8O6/c1-5-19-45-41(15-1)61(42-16-2-6-20-46(42)67-45)35-27-23-33(24-28-35)49-55-51-59-52(56-49)64-38-12-10-14-40(32-38)66-54-58-50(57-53(60-54)65-39-13-9-11-37(31-39)63-51)34-25-29-36(30-26-34)62-43-17-3-7-21-47(43)68-48-22-8-4-18-44(48)62/h1-32H. The lowest BCUT2D eigenvalue weighted by atomic mass is 10.1. The summed E-state index contributed by atoms with van der Waals surface area (Å²) in [5, 5.41) is 0. The van der Waals surface area contributed by atoms with Crippen molar-refractivity contribution in [2.75, 3.05) is 9.80 Å². The van der Waals surface area contributed by atoms with Crippen LogP contribution >= 0.6 is 0 Å². The van der Waals surface area contributed by atoms with Crippen molar-refractivity contribution in [3.8, 4) is 92.8 Å². The summed E-state index contributed by atoms with van der Waals surface area (Å²) < 4.78 is 37.6. The van der Waals surface area contributed by atoms with Crippen molar-refractivity contribution >= 4 is 34.1 Å². The molecular weight excluding hydrogens is 857 g/mol. The largest absolute Gasteiger partial charge is 0.453 e. The molecule has 68 heavy (non-hydrogen) atoms. The Kier molecular flexibility index (Phi) is 9.09. The fourth-order valence-electron chi connectivity index (χ4n) is 8.23. The Hall–Kier alpha value is -9.82. The third-order valence-corrected chi connectivity index (χ3v) is 11.3. The molecule has 0 N–H and O–H groups in total. The number of para-hydroxylation sites is 8. The molecule has 0 aliphatic carbocycles. The first-order valence-electron chi connectivity index (χ1n) is 21.6. The van der Waals surface area contributed by atoms with E-state index in [2.05, 4.69) is 19.8 Å². The van der Waals surface area contributed by atoms with Gasteiger partial charge in [0.15, 0.2) is 34.6 Å². The Morgan fingerprint density at radius 1 is 0.265 bits per heavy atom. The monoisotopic (exact) mass is 888 g/mol. The van der Waals surface area contributed by atoms with Crippen LogP contribution in [0.3, 0.4) is 0 Å². The average Bonchev–Trinajstić information content (AvgIpc) is 3.37. The minimum atomic E-state index is -0.000930. The summed E-state index contributed by atoms with van der Waals surface area (Å²) in [5.41, 5.74) is 6.93. The van der Waals surface area contributed by atoms with E-state index in [-0.39, 0.29) is 24.0 Å². The number of hydrogen-bond donors (Lipinski definition) is 0. The number of fused-ring (bicyclic) bond motifs is 12. The van der Waals surface area contributed by atoms with Crippen LogP contribution in [0.4, 0.5) is 34.1 Å². The predicted molar refractivity (Wildman–Crippen MR) is 253 cm³/mol. The first kappa shape index (κ1) is 38.6. The summed E-state index contributed by atoms with van der Waals surface area (Å²) in [4.78, 5) is 32.3. The Bertz CT molecular complexity index is 3170. The molecule has 3 aliphatic rings. The number of anilines is 6. The van der Waals surface area contributed by atoms with Crippen LogP contribution in [0, 0.1) is 0 Å². The van der Waals surface area contributed by atoms with Gasteiger partial charge in [0, 0.05) is 34.6 Å². The second-order valence-corrected chi connectivity index (χ2v) is 15.6. The normalized spacial score (nSPS) is 12.8. The zero-order valence-corrected chi connectivity index (χ0v) is 35.5. The molecule has 10 aromatic rings. The third kappa shape index (κ3) is 7.20. The highest BCUT2D eigenvalue weighted by Gasteiger charge is 2.27. The zero-order valence-electron chi connectivity index (χ0n) is 35.5. The molecule has 8 bridgehead atoms. The number of nitrogens with zero attached hydrogens (tertiary/aromatic N) is 8. The molecule has 2 aromatic heterocycles. The van der Waals surface area contributed by atoms with Gasteiger partial charge in [0.1, 0.15) is 23.0 Å². The van der Waals surface area contributed by atoms with Gasteiger partial charge < -0.3 is 38.2 Å². The van der Waals surface area contributed by atoms with Crippen LogP contribution in [-0.2, 0) is 0 Å². The Morgan fingerprint density at radius 2 is 0.559 bits per heavy atom. The van der Waals surface area contributed by atoms with Gasteiger partial charge in [0.2, 0.25) is 0 Å². The van der Waals surface area contributed by atoms with Crippen molar-refractivity contribution in [2.45, 2.75) is 0 Å². The fourth-order valence-corrected chi connectivity index (χ4v) is 8.23. The van der Waals surface area contributed by atoms with Crippen LogP contribution in [0.15, 0.2) is 194 Å². The maximum Gasteiger partial charge on any atom is 0.328 e. The molecule has 14 nitrogen and oxygen atoms in total. The van der Waals surface area contributed by atoms with Gasteiger partial charge in [-0.2, -0.15) is 19.9 Å². The zero-order chi connectivity index (χ0) is 45.0. The van der Waals surface area contributed by atoms with Gasteiger partial charge in [-0.05, 0) is 121 Å². The number of benzene rings is 8. The molecule has 0 fully saturated rings. The predicted octanol–water partition coefficient (Wildman–Crippen LogP) is 14.0. The van der Waals surface area contributed by atoms with Crippen molar-refractivity contribution in [3.05, 3.63) is 194 Å². The molecule has 0 unspecified atom stereocenters. The SMILES string of the molecule is c1cc2cc(c1)Oc1nc(nc(-c3ccc(N4c5ccccc5Oc5ccccc54)cc3)n1)Oc1cccc(c1)Oc1nc(nc(-c3ccc(N4c5ccccc5Oc5ccccc54)cc3)n1)O2. The van der Waals surface area contributed by atoms with Crippen molar-refractivity contribution < 1.29 is 28.4 Å². The van der Waals surface area contributed by atoms with E-state index in [4.69, 9.17) is 48.4 Å². The number of aromatic nitrogens is 6. The second kappa shape index (κ2) is 16.0. The second-order valence-electron chi connectivity index (χ2n) is 15.6. The topological polar surface area (TPSA) is 139 Å². The molecule has 0 amide bonds. The van der Waals surface area contributed by atoms with E-state index in [0.29, 0.717) is 45.8 Å². The molecule has 0 saturated heterocycles. The summed E-state index contributed by atoms with van der Waals surface area (Å²) in [6.45, 7) is 0. The van der Waals surface area contributed by atoms with Gasteiger partial charge in [-0.1, -0.05) is 60.7 Å².